The molecule has 0 unspecified atom stereocenters. The van der Waals surface area contributed by atoms with Gasteiger partial charge in [0, 0.05) is 63.1 Å². The van der Waals surface area contributed by atoms with Crippen molar-refractivity contribution in [2.24, 2.45) is 0 Å². The van der Waals surface area contributed by atoms with Gasteiger partial charge in [-0.15, -0.1) is 0 Å². The molecular weight excluding hydrogens is 507 g/mol. The van der Waals surface area contributed by atoms with Gasteiger partial charge in [0.1, 0.15) is 0 Å². The minimum Gasteiger partial charge on any atom is -0.672 e. The van der Waals surface area contributed by atoms with Gasteiger partial charge in [0.15, 0.2) is 0 Å². The van der Waals surface area contributed by atoms with E-state index in [4.69, 9.17) is 42.2 Å². The maximum atomic E-state index is 8.52. The molecule has 15 heavy (non-hydrogen) atoms. The van der Waals surface area contributed by atoms with Gasteiger partial charge in [-0.2, -0.15) is 0 Å². The van der Waals surface area contributed by atoms with Crippen LogP contribution in [0.1, 0.15) is 0 Å². The van der Waals surface area contributed by atoms with Crippen LogP contribution in [0.3, 0.4) is 0 Å². The largest absolute Gasteiger partial charge is 3.00 e. The van der Waals surface area contributed by atoms with E-state index in [1.54, 1.807) is 0 Å². The van der Waals surface area contributed by atoms with E-state index in [-0.39, 0.29) is 75.2 Å². The summed E-state index contributed by atoms with van der Waals surface area (Å²) in [7, 11) is -10.9. The SMILES string of the molecule is O=[Si]([O-])[O-].O=[Si]([O-])[O-].O=[Si]([O-])[O-].[Ga+3].[Ga+3].[La]. The molecule has 9 nitrogen and oxygen atoms in total. The fourth-order valence-electron chi connectivity index (χ4n) is 0. The molecule has 0 amide bonds. The van der Waals surface area contributed by atoms with Gasteiger partial charge >= 0.3 is 39.6 Å². The van der Waals surface area contributed by atoms with Gasteiger partial charge in [-0.25, -0.2) is 0 Å². The first-order valence-electron chi connectivity index (χ1n) is 1.84. The second-order valence-corrected chi connectivity index (χ2v) is 2.25. The zero-order valence-electron chi connectivity index (χ0n) is 6.91. The zero-order chi connectivity index (χ0) is 10.7. The van der Waals surface area contributed by atoms with Crippen LogP contribution in [0, 0.1) is 35.6 Å². The standard InChI is InChI=1S/2Ga.La.3O3Si/c;;;3*1-4(2)3/q2*+3;;3*-2. The first kappa shape index (κ1) is 36.0. The van der Waals surface area contributed by atoms with Gasteiger partial charge < -0.3 is 42.2 Å². The molecule has 0 saturated carbocycles. The Morgan fingerprint density at radius 3 is 0.533 bits per heavy atom. The van der Waals surface area contributed by atoms with E-state index in [0.29, 0.717) is 0 Å². The Morgan fingerprint density at radius 1 is 0.533 bits per heavy atom. The summed E-state index contributed by atoms with van der Waals surface area (Å²) in [5.74, 6) is 0. The van der Waals surface area contributed by atoms with Crippen LogP contribution in [0.5, 0.6) is 0 Å². The fourth-order valence-corrected chi connectivity index (χ4v) is 0. The summed E-state index contributed by atoms with van der Waals surface area (Å²) in [6.07, 6.45) is 0. The topological polar surface area (TPSA) is 190 Å². The van der Waals surface area contributed by atoms with Gasteiger partial charge in [0.2, 0.25) is 0 Å². The number of hydrogen-bond acceptors (Lipinski definition) is 9. The Morgan fingerprint density at radius 2 is 0.533 bits per heavy atom. The quantitative estimate of drug-likeness (QED) is 0.287. The monoisotopic (exact) mass is 505 g/mol. The first-order chi connectivity index (χ1) is 5.20. The summed E-state index contributed by atoms with van der Waals surface area (Å²) in [6.45, 7) is 0. The van der Waals surface area contributed by atoms with Crippen molar-refractivity contribution < 1.29 is 77.8 Å². The molecular formula is Ga2LaO9Si3. The third-order valence-electron chi connectivity index (χ3n) is 0. The average molecular weight is 507 g/mol. The van der Waals surface area contributed by atoms with Crippen LogP contribution in [0.15, 0.2) is 0 Å². The molecule has 0 aliphatic rings. The van der Waals surface area contributed by atoms with E-state index < -0.39 is 27.5 Å². The Hall–Kier alpha value is 1.32. The van der Waals surface area contributed by atoms with Gasteiger partial charge in [0.05, 0.1) is 0 Å². The van der Waals surface area contributed by atoms with Gasteiger partial charge in [0.25, 0.3) is 0 Å². The normalized spacial score (nSPS) is 4.80. The van der Waals surface area contributed by atoms with E-state index in [9.17, 15) is 0 Å². The van der Waals surface area contributed by atoms with Crippen molar-refractivity contribution in [2.45, 2.75) is 0 Å². The van der Waals surface area contributed by atoms with Crippen LogP contribution in [-0.4, -0.2) is 67.1 Å². The summed E-state index contributed by atoms with van der Waals surface area (Å²) in [6, 6.07) is 0. The number of rotatable bonds is 0. The molecule has 15 heteroatoms. The first-order valence-corrected chi connectivity index (χ1v) is 5.51. The molecule has 0 bridgehead atoms. The van der Waals surface area contributed by atoms with Crippen molar-refractivity contribution in [1.82, 2.24) is 0 Å². The molecule has 1 radical (unpaired) electrons. The van der Waals surface area contributed by atoms with E-state index in [2.05, 4.69) is 0 Å². The predicted octanol–water partition coefficient (Wildman–Crippen LogP) is -9.39. The summed E-state index contributed by atoms with van der Waals surface area (Å²) in [4.78, 5) is 51.1. The minimum atomic E-state index is -3.63. The Labute approximate surface area is 143 Å². The molecule has 0 aliphatic heterocycles. The van der Waals surface area contributed by atoms with Crippen LogP contribution < -0.4 is 28.8 Å². The van der Waals surface area contributed by atoms with Crippen molar-refractivity contribution in [1.29, 1.82) is 0 Å². The third kappa shape index (κ3) is 1560. The average Bonchev–Trinajstić information content (AvgIpc) is 1.54. The molecule has 0 spiro atoms. The van der Waals surface area contributed by atoms with Crippen molar-refractivity contribution in [3.05, 3.63) is 0 Å². The summed E-state index contributed by atoms with van der Waals surface area (Å²) >= 11 is 0. The maximum Gasteiger partial charge on any atom is 3.00 e. The van der Waals surface area contributed by atoms with E-state index in [1.807, 2.05) is 0 Å². The van der Waals surface area contributed by atoms with Crippen LogP contribution in [0.2, 0.25) is 0 Å². The van der Waals surface area contributed by atoms with Crippen molar-refractivity contribution in [2.75, 3.05) is 0 Å². The molecule has 0 saturated heterocycles. The van der Waals surface area contributed by atoms with Crippen LogP contribution in [-0.2, 0) is 13.4 Å². The van der Waals surface area contributed by atoms with Gasteiger partial charge in [-0.05, 0) is 0 Å². The smallest absolute Gasteiger partial charge is 0.672 e. The van der Waals surface area contributed by atoms with Crippen LogP contribution >= 0.6 is 0 Å². The number of hydrogen-bond donors (Lipinski definition) is 0. The second-order valence-electron chi connectivity index (χ2n) is 0.750. The molecule has 0 atom stereocenters. The van der Waals surface area contributed by atoms with Crippen molar-refractivity contribution in [3.8, 4) is 0 Å². The Balaban J connectivity index is -0.0000000184. The Kier molecular flexibility index (Phi) is 70.7. The summed E-state index contributed by atoms with van der Waals surface area (Å²) < 4.78 is 25.6. The molecule has 0 aromatic carbocycles. The molecule has 0 N–H and O–H groups in total. The van der Waals surface area contributed by atoms with Crippen LogP contribution in [0.25, 0.3) is 0 Å². The minimum absolute atomic E-state index is 0. The molecule has 0 aromatic heterocycles. The van der Waals surface area contributed by atoms with Crippen molar-refractivity contribution in [3.63, 3.8) is 0 Å². The van der Waals surface area contributed by atoms with E-state index >= 15 is 0 Å². The molecule has 0 rings (SSSR count). The summed E-state index contributed by atoms with van der Waals surface area (Å²) in [5, 5.41) is 0. The second kappa shape index (κ2) is 29.5. The molecule has 75 valence electrons. The Bertz CT molecular complexity index is 121. The molecule has 0 heterocycles. The van der Waals surface area contributed by atoms with Gasteiger partial charge in [-0.1, -0.05) is 0 Å². The predicted molar refractivity (Wildman–Crippen MR) is 30.8 cm³/mol. The zero-order valence-corrected chi connectivity index (χ0v) is 18.4. The molecule has 0 aromatic rings. The van der Waals surface area contributed by atoms with Gasteiger partial charge in [-0.3, -0.25) is 0 Å². The van der Waals surface area contributed by atoms with Crippen LogP contribution in [0.4, 0.5) is 0 Å². The maximum absolute atomic E-state index is 8.52. The molecule has 0 fully saturated rings. The fraction of sp³-hybridized carbons (Fsp3) is 0. The van der Waals surface area contributed by atoms with Crippen molar-refractivity contribution >= 4 is 67.1 Å². The third-order valence-corrected chi connectivity index (χ3v) is 0. The summed E-state index contributed by atoms with van der Waals surface area (Å²) in [5.41, 5.74) is 0. The molecule has 0 aliphatic carbocycles. The van der Waals surface area contributed by atoms with E-state index in [1.165, 1.54) is 0 Å². The van der Waals surface area contributed by atoms with E-state index in [0.717, 1.165) is 0 Å².